The lowest BCUT2D eigenvalue weighted by atomic mass is 10.2. The van der Waals surface area contributed by atoms with Crippen molar-refractivity contribution in [2.75, 3.05) is 23.9 Å². The van der Waals surface area contributed by atoms with Gasteiger partial charge < -0.3 is 5.11 Å². The van der Waals surface area contributed by atoms with Crippen LogP contribution in [0.25, 0.3) is 0 Å². The summed E-state index contributed by atoms with van der Waals surface area (Å²) < 4.78 is 23.8. The number of hydrogen-bond donors (Lipinski definition) is 1. The van der Waals surface area contributed by atoms with E-state index >= 15 is 0 Å². The van der Waals surface area contributed by atoms with Gasteiger partial charge in [-0.15, -0.1) is 0 Å². The average Bonchev–Trinajstić information content (AvgIpc) is 2.35. The van der Waals surface area contributed by atoms with Crippen LogP contribution in [0.3, 0.4) is 0 Å². The Morgan fingerprint density at radius 3 is 2.53 bits per heavy atom. The summed E-state index contributed by atoms with van der Waals surface area (Å²) in [5.41, 5.74) is 0. The SMILES string of the molecule is CC(CO)CSCCS(=O)(=O)c1ccccc1. The average molecular weight is 274 g/mol. The molecule has 96 valence electrons. The van der Waals surface area contributed by atoms with Crippen molar-refractivity contribution in [3.05, 3.63) is 30.3 Å². The molecule has 0 spiro atoms. The van der Waals surface area contributed by atoms with Crippen molar-refractivity contribution in [2.45, 2.75) is 11.8 Å². The number of aliphatic hydroxyl groups is 1. The summed E-state index contributed by atoms with van der Waals surface area (Å²) in [6, 6.07) is 8.51. The van der Waals surface area contributed by atoms with Gasteiger partial charge in [-0.25, -0.2) is 8.42 Å². The molecule has 0 radical (unpaired) electrons. The Labute approximate surface area is 107 Å². The van der Waals surface area contributed by atoms with Crippen LogP contribution in [0.2, 0.25) is 0 Å². The Bertz CT molecular complexity index is 415. The van der Waals surface area contributed by atoms with Gasteiger partial charge in [0, 0.05) is 12.4 Å². The quantitative estimate of drug-likeness (QED) is 0.771. The molecule has 0 aliphatic heterocycles. The second-order valence-corrected chi connectivity index (χ2v) is 7.25. The van der Waals surface area contributed by atoms with Gasteiger partial charge in [0.05, 0.1) is 10.6 Å². The van der Waals surface area contributed by atoms with Gasteiger partial charge in [0.2, 0.25) is 0 Å². The van der Waals surface area contributed by atoms with Gasteiger partial charge in [0.1, 0.15) is 0 Å². The van der Waals surface area contributed by atoms with Crippen molar-refractivity contribution in [1.82, 2.24) is 0 Å². The zero-order valence-corrected chi connectivity index (χ0v) is 11.5. The van der Waals surface area contributed by atoms with Crippen LogP contribution in [-0.4, -0.2) is 37.4 Å². The largest absolute Gasteiger partial charge is 0.396 e. The van der Waals surface area contributed by atoms with Gasteiger partial charge >= 0.3 is 0 Å². The summed E-state index contributed by atoms with van der Waals surface area (Å²) in [7, 11) is -3.15. The molecule has 5 heteroatoms. The maximum absolute atomic E-state index is 11.9. The van der Waals surface area contributed by atoms with Crippen LogP contribution in [0.5, 0.6) is 0 Å². The minimum Gasteiger partial charge on any atom is -0.396 e. The molecule has 1 aromatic rings. The highest BCUT2D eigenvalue weighted by Crippen LogP contribution is 2.14. The molecule has 0 aliphatic carbocycles. The molecule has 1 aromatic carbocycles. The van der Waals surface area contributed by atoms with Gasteiger partial charge in [-0.05, 0) is 23.8 Å². The first kappa shape index (κ1) is 14.5. The van der Waals surface area contributed by atoms with E-state index < -0.39 is 9.84 Å². The van der Waals surface area contributed by atoms with Crippen LogP contribution < -0.4 is 0 Å². The van der Waals surface area contributed by atoms with Crippen molar-refractivity contribution in [3.8, 4) is 0 Å². The molecule has 17 heavy (non-hydrogen) atoms. The van der Waals surface area contributed by atoms with E-state index in [2.05, 4.69) is 0 Å². The Morgan fingerprint density at radius 2 is 1.94 bits per heavy atom. The first-order valence-corrected chi connectivity index (χ1v) is 8.33. The van der Waals surface area contributed by atoms with Crippen LogP contribution >= 0.6 is 11.8 Å². The zero-order valence-electron chi connectivity index (χ0n) is 9.87. The van der Waals surface area contributed by atoms with Crippen LogP contribution in [0, 0.1) is 5.92 Å². The predicted octanol–water partition coefficient (Wildman–Crippen LogP) is 1.82. The molecule has 1 atom stereocenters. The molecule has 0 amide bonds. The van der Waals surface area contributed by atoms with Crippen molar-refractivity contribution >= 4 is 21.6 Å². The molecule has 0 fully saturated rings. The van der Waals surface area contributed by atoms with Gasteiger partial charge in [-0.2, -0.15) is 11.8 Å². The number of rotatable bonds is 7. The van der Waals surface area contributed by atoms with Gasteiger partial charge in [0.15, 0.2) is 9.84 Å². The minimum absolute atomic E-state index is 0.151. The summed E-state index contributed by atoms with van der Waals surface area (Å²) >= 11 is 1.57. The van der Waals surface area contributed by atoms with Gasteiger partial charge in [-0.3, -0.25) is 0 Å². The minimum atomic E-state index is -3.15. The lowest BCUT2D eigenvalue weighted by Crippen LogP contribution is -2.10. The molecule has 0 bridgehead atoms. The lowest BCUT2D eigenvalue weighted by molar-refractivity contribution is 0.250. The van der Waals surface area contributed by atoms with Crippen molar-refractivity contribution in [2.24, 2.45) is 5.92 Å². The van der Waals surface area contributed by atoms with E-state index in [-0.39, 0.29) is 18.3 Å². The number of hydrogen-bond acceptors (Lipinski definition) is 4. The van der Waals surface area contributed by atoms with Crippen molar-refractivity contribution in [1.29, 1.82) is 0 Å². The smallest absolute Gasteiger partial charge is 0.179 e. The second kappa shape index (κ2) is 7.03. The molecule has 0 saturated carbocycles. The van der Waals surface area contributed by atoms with E-state index in [0.717, 1.165) is 5.75 Å². The molecular formula is C12H18O3S2. The van der Waals surface area contributed by atoms with E-state index in [1.807, 2.05) is 6.92 Å². The molecule has 0 aliphatic rings. The fraction of sp³-hybridized carbons (Fsp3) is 0.500. The number of thioether (sulfide) groups is 1. The Kier molecular flexibility index (Phi) is 6.02. The van der Waals surface area contributed by atoms with E-state index in [4.69, 9.17) is 5.11 Å². The molecule has 0 aromatic heterocycles. The summed E-state index contributed by atoms with van der Waals surface area (Å²) in [6.45, 7) is 2.09. The molecule has 1 unspecified atom stereocenters. The zero-order chi connectivity index (χ0) is 12.7. The Morgan fingerprint density at radius 1 is 1.29 bits per heavy atom. The number of aliphatic hydroxyl groups excluding tert-OH is 1. The maximum atomic E-state index is 11.9. The number of sulfone groups is 1. The summed E-state index contributed by atoms with van der Waals surface area (Å²) in [5.74, 6) is 1.74. The fourth-order valence-corrected chi connectivity index (χ4v) is 4.08. The number of benzene rings is 1. The summed E-state index contributed by atoms with van der Waals surface area (Å²) in [4.78, 5) is 0.385. The normalized spacial score (nSPS) is 13.5. The first-order chi connectivity index (χ1) is 8.06. The third-order valence-corrected chi connectivity index (χ3v) is 5.60. The third-order valence-electron chi connectivity index (χ3n) is 2.31. The summed E-state index contributed by atoms with van der Waals surface area (Å²) in [6.07, 6.45) is 0. The van der Waals surface area contributed by atoms with E-state index in [1.54, 1.807) is 42.1 Å². The van der Waals surface area contributed by atoms with Crippen molar-refractivity contribution < 1.29 is 13.5 Å². The molecular weight excluding hydrogens is 256 g/mol. The third kappa shape index (κ3) is 5.10. The molecule has 1 rings (SSSR count). The highest BCUT2D eigenvalue weighted by molar-refractivity contribution is 8.00. The first-order valence-electron chi connectivity index (χ1n) is 5.52. The monoisotopic (exact) mass is 274 g/mol. The maximum Gasteiger partial charge on any atom is 0.179 e. The molecule has 3 nitrogen and oxygen atoms in total. The standard InChI is InChI=1S/C12H18O3S2/c1-11(9-13)10-16-7-8-17(14,15)12-5-3-2-4-6-12/h2-6,11,13H,7-10H2,1H3. The topological polar surface area (TPSA) is 54.4 Å². The van der Waals surface area contributed by atoms with Crippen LogP contribution in [-0.2, 0) is 9.84 Å². The highest BCUT2D eigenvalue weighted by atomic mass is 32.2. The van der Waals surface area contributed by atoms with Crippen molar-refractivity contribution in [3.63, 3.8) is 0 Å². The molecule has 0 heterocycles. The van der Waals surface area contributed by atoms with Crippen LogP contribution in [0.1, 0.15) is 6.92 Å². The summed E-state index contributed by atoms with van der Waals surface area (Å²) in [5, 5.41) is 8.84. The van der Waals surface area contributed by atoms with Crippen LogP contribution in [0.15, 0.2) is 35.2 Å². The Balaban J connectivity index is 2.41. The van der Waals surface area contributed by atoms with E-state index in [9.17, 15) is 8.42 Å². The fourth-order valence-electron chi connectivity index (χ4n) is 1.25. The molecule has 0 saturated heterocycles. The lowest BCUT2D eigenvalue weighted by Gasteiger charge is -2.07. The second-order valence-electron chi connectivity index (χ2n) is 3.99. The molecule has 1 N–H and O–H groups in total. The van der Waals surface area contributed by atoms with Gasteiger partial charge in [0.25, 0.3) is 0 Å². The highest BCUT2D eigenvalue weighted by Gasteiger charge is 2.13. The van der Waals surface area contributed by atoms with Gasteiger partial charge in [-0.1, -0.05) is 25.1 Å². The van der Waals surface area contributed by atoms with E-state index in [1.165, 1.54) is 0 Å². The van der Waals surface area contributed by atoms with Crippen LogP contribution in [0.4, 0.5) is 0 Å². The Hall–Kier alpha value is -0.520. The van der Waals surface area contributed by atoms with E-state index in [0.29, 0.717) is 10.6 Å². The predicted molar refractivity (Wildman–Crippen MR) is 72.1 cm³/mol.